The number of carbonyl (C=O) groups is 1. The van der Waals surface area contributed by atoms with Gasteiger partial charge in [-0.1, -0.05) is 19.9 Å². The van der Waals surface area contributed by atoms with Crippen LogP contribution in [0.25, 0.3) is 0 Å². The molecule has 4 atom stereocenters. The zero-order chi connectivity index (χ0) is 9.42. The maximum atomic E-state index is 11.3. The number of hydrogen-bond donors (Lipinski definition) is 0. The van der Waals surface area contributed by atoms with E-state index in [9.17, 15) is 4.79 Å². The molecule has 2 aliphatic rings. The van der Waals surface area contributed by atoms with Crippen LogP contribution in [0.2, 0.25) is 0 Å². The van der Waals surface area contributed by atoms with Crippen LogP contribution >= 0.6 is 0 Å². The van der Waals surface area contributed by atoms with Crippen molar-refractivity contribution in [3.8, 4) is 0 Å². The molecule has 1 aliphatic heterocycles. The van der Waals surface area contributed by atoms with Gasteiger partial charge in [0.15, 0.2) is 0 Å². The second-order valence-corrected chi connectivity index (χ2v) is 4.29. The summed E-state index contributed by atoms with van der Waals surface area (Å²) in [7, 11) is 0. The Hall–Kier alpha value is -0.790. The highest BCUT2D eigenvalue weighted by atomic mass is 16.6. The van der Waals surface area contributed by atoms with Gasteiger partial charge in [-0.2, -0.15) is 0 Å². The molecule has 0 amide bonds. The number of rotatable bonds is 0. The lowest BCUT2D eigenvalue weighted by Gasteiger charge is -2.13. The van der Waals surface area contributed by atoms with E-state index >= 15 is 0 Å². The summed E-state index contributed by atoms with van der Waals surface area (Å²) >= 11 is 0. The van der Waals surface area contributed by atoms with E-state index in [4.69, 9.17) is 4.74 Å². The predicted molar refractivity (Wildman–Crippen MR) is 50.1 cm³/mol. The van der Waals surface area contributed by atoms with Crippen molar-refractivity contribution in [2.75, 3.05) is 0 Å². The Bertz CT molecular complexity index is 244. The van der Waals surface area contributed by atoms with Crippen molar-refractivity contribution in [1.82, 2.24) is 0 Å². The molecule has 0 aromatic carbocycles. The summed E-state index contributed by atoms with van der Waals surface area (Å²) in [6, 6.07) is 0. The normalized spacial score (nSPS) is 44.0. The Balaban J connectivity index is 2.16. The minimum atomic E-state index is -0.0193. The molecule has 2 heteroatoms. The van der Waals surface area contributed by atoms with Crippen LogP contribution in [-0.2, 0) is 9.53 Å². The Morgan fingerprint density at radius 2 is 2.08 bits per heavy atom. The molecule has 1 aliphatic carbocycles. The second-order valence-electron chi connectivity index (χ2n) is 4.29. The number of allylic oxidation sites excluding steroid dienone is 1. The van der Waals surface area contributed by atoms with Gasteiger partial charge in [0.25, 0.3) is 0 Å². The summed E-state index contributed by atoms with van der Waals surface area (Å²) in [5.74, 6) is 1.14. The van der Waals surface area contributed by atoms with E-state index in [0.29, 0.717) is 11.8 Å². The lowest BCUT2D eigenvalue weighted by molar-refractivity contribution is -0.142. The van der Waals surface area contributed by atoms with Crippen LogP contribution in [0, 0.1) is 17.8 Å². The van der Waals surface area contributed by atoms with E-state index < -0.39 is 0 Å². The molecule has 13 heavy (non-hydrogen) atoms. The molecule has 72 valence electrons. The van der Waals surface area contributed by atoms with Gasteiger partial charge >= 0.3 is 5.97 Å². The molecule has 0 unspecified atom stereocenters. The smallest absolute Gasteiger partial charge is 0.309 e. The van der Waals surface area contributed by atoms with E-state index in [1.165, 1.54) is 6.42 Å². The maximum Gasteiger partial charge on any atom is 0.309 e. The highest BCUT2D eigenvalue weighted by molar-refractivity contribution is 5.75. The standard InChI is InChI=1S/C11H16O2/c1-7-3-5-9-8(2)11(12)13-10(9)6-4-7/h4,6-10H,3,5H2,1-2H3/t7-,8-,9-,10-/m1/s1. The van der Waals surface area contributed by atoms with Crippen molar-refractivity contribution in [3.63, 3.8) is 0 Å². The van der Waals surface area contributed by atoms with Crippen LogP contribution in [-0.4, -0.2) is 12.1 Å². The highest BCUT2D eigenvalue weighted by Gasteiger charge is 2.40. The fraction of sp³-hybridized carbons (Fsp3) is 0.727. The first-order valence-electron chi connectivity index (χ1n) is 5.07. The fourth-order valence-electron chi connectivity index (χ4n) is 2.24. The Kier molecular flexibility index (Phi) is 2.14. The average molecular weight is 180 g/mol. The molecule has 1 saturated heterocycles. The summed E-state index contributed by atoms with van der Waals surface area (Å²) in [6.45, 7) is 4.20. The third-order valence-corrected chi connectivity index (χ3v) is 3.27. The molecule has 0 aromatic rings. The Labute approximate surface area is 79.0 Å². The quantitative estimate of drug-likeness (QED) is 0.422. The van der Waals surface area contributed by atoms with Crippen LogP contribution in [0.5, 0.6) is 0 Å². The van der Waals surface area contributed by atoms with Gasteiger partial charge < -0.3 is 4.74 Å². The van der Waals surface area contributed by atoms with Crippen molar-refractivity contribution >= 4 is 5.97 Å². The molecular weight excluding hydrogens is 164 g/mol. The molecule has 0 aromatic heterocycles. The Morgan fingerprint density at radius 1 is 1.31 bits per heavy atom. The largest absolute Gasteiger partial charge is 0.458 e. The minimum Gasteiger partial charge on any atom is -0.458 e. The van der Waals surface area contributed by atoms with E-state index in [2.05, 4.69) is 19.1 Å². The summed E-state index contributed by atoms with van der Waals surface area (Å²) in [5, 5.41) is 0. The van der Waals surface area contributed by atoms with Gasteiger partial charge in [-0.25, -0.2) is 0 Å². The maximum absolute atomic E-state index is 11.3. The van der Waals surface area contributed by atoms with Crippen LogP contribution in [0.1, 0.15) is 26.7 Å². The van der Waals surface area contributed by atoms with Crippen molar-refractivity contribution in [2.24, 2.45) is 17.8 Å². The fourth-order valence-corrected chi connectivity index (χ4v) is 2.24. The molecule has 0 bridgehead atoms. The zero-order valence-electron chi connectivity index (χ0n) is 8.19. The first-order chi connectivity index (χ1) is 6.18. The van der Waals surface area contributed by atoms with Gasteiger partial charge in [0, 0.05) is 5.92 Å². The first kappa shape index (κ1) is 8.79. The predicted octanol–water partition coefficient (Wildman–Crippen LogP) is 2.15. The molecule has 2 nitrogen and oxygen atoms in total. The van der Waals surface area contributed by atoms with E-state index in [-0.39, 0.29) is 18.0 Å². The van der Waals surface area contributed by atoms with Gasteiger partial charge in [-0.3, -0.25) is 4.79 Å². The van der Waals surface area contributed by atoms with Crippen LogP contribution in [0.3, 0.4) is 0 Å². The zero-order valence-corrected chi connectivity index (χ0v) is 8.19. The molecule has 0 spiro atoms. The number of fused-ring (bicyclic) bond motifs is 1. The highest BCUT2D eigenvalue weighted by Crippen LogP contribution is 2.35. The monoisotopic (exact) mass is 180 g/mol. The molecular formula is C11H16O2. The molecule has 2 rings (SSSR count). The van der Waals surface area contributed by atoms with Crippen molar-refractivity contribution in [2.45, 2.75) is 32.8 Å². The lowest BCUT2D eigenvalue weighted by atomic mass is 9.88. The topological polar surface area (TPSA) is 26.3 Å². The van der Waals surface area contributed by atoms with Crippen molar-refractivity contribution in [1.29, 1.82) is 0 Å². The van der Waals surface area contributed by atoms with E-state index in [1.807, 2.05) is 6.92 Å². The van der Waals surface area contributed by atoms with Gasteiger partial charge in [-0.05, 0) is 24.8 Å². The van der Waals surface area contributed by atoms with E-state index in [0.717, 1.165) is 6.42 Å². The van der Waals surface area contributed by atoms with Crippen LogP contribution < -0.4 is 0 Å². The van der Waals surface area contributed by atoms with Gasteiger partial charge in [0.1, 0.15) is 6.10 Å². The lowest BCUT2D eigenvalue weighted by Crippen LogP contribution is -2.16. The number of carbonyl (C=O) groups excluding carboxylic acids is 1. The third-order valence-electron chi connectivity index (χ3n) is 3.27. The summed E-state index contributed by atoms with van der Waals surface area (Å²) in [6.07, 6.45) is 6.61. The van der Waals surface area contributed by atoms with Crippen LogP contribution in [0.4, 0.5) is 0 Å². The minimum absolute atomic E-state index is 0.0193. The van der Waals surface area contributed by atoms with Crippen molar-refractivity contribution < 1.29 is 9.53 Å². The second kappa shape index (κ2) is 3.17. The number of ether oxygens (including phenoxy) is 1. The summed E-state index contributed by atoms with van der Waals surface area (Å²) in [4.78, 5) is 11.3. The Morgan fingerprint density at radius 3 is 2.85 bits per heavy atom. The SMILES string of the molecule is C[C@H]1C=C[C@H]2OC(=O)[C@H](C)[C@H]2CC1. The molecule has 0 radical (unpaired) electrons. The van der Waals surface area contributed by atoms with Gasteiger partial charge in [-0.15, -0.1) is 0 Å². The van der Waals surface area contributed by atoms with Crippen molar-refractivity contribution in [3.05, 3.63) is 12.2 Å². The number of hydrogen-bond acceptors (Lipinski definition) is 2. The van der Waals surface area contributed by atoms with Gasteiger partial charge in [0.05, 0.1) is 5.92 Å². The molecule has 1 fully saturated rings. The number of esters is 1. The molecule has 1 heterocycles. The molecule has 0 saturated carbocycles. The van der Waals surface area contributed by atoms with E-state index in [1.54, 1.807) is 0 Å². The third kappa shape index (κ3) is 1.50. The summed E-state index contributed by atoms with van der Waals surface area (Å²) < 4.78 is 5.28. The van der Waals surface area contributed by atoms with Crippen LogP contribution in [0.15, 0.2) is 12.2 Å². The van der Waals surface area contributed by atoms with Gasteiger partial charge in [0.2, 0.25) is 0 Å². The molecule has 0 N–H and O–H groups in total. The first-order valence-corrected chi connectivity index (χ1v) is 5.07. The summed E-state index contributed by atoms with van der Waals surface area (Å²) in [5.41, 5.74) is 0. The average Bonchev–Trinajstić information content (AvgIpc) is 2.28.